The Kier molecular flexibility index (Phi) is 5.48. The second kappa shape index (κ2) is 6.62. The number of ether oxygens (including phenoxy) is 2. The van der Waals surface area contributed by atoms with E-state index in [9.17, 15) is 20.0 Å². The first kappa shape index (κ1) is 19.0. The average molecular weight is 327 g/mol. The van der Waals surface area contributed by atoms with Gasteiger partial charge in [-0.3, -0.25) is 0 Å². The molecule has 1 N–H and O–H groups in total. The Morgan fingerprint density at radius 1 is 1.09 bits per heavy atom. The van der Waals surface area contributed by atoms with Gasteiger partial charge in [0.2, 0.25) is 0 Å². The molecule has 8 nitrogen and oxygen atoms in total. The van der Waals surface area contributed by atoms with Gasteiger partial charge >= 0.3 is 12.2 Å². The number of carbonyl (C=O) groups is 2. The van der Waals surface area contributed by atoms with Gasteiger partial charge in [-0.25, -0.2) is 14.6 Å². The van der Waals surface area contributed by atoms with E-state index in [1.54, 1.807) is 41.5 Å². The predicted octanol–water partition coefficient (Wildman–Crippen LogP) is 2.03. The number of nitrogens with zero attached hydrogens (tertiary/aromatic N) is 3. The molecule has 0 unspecified atom stereocenters. The number of amides is 2. The number of hydrogen-bond donors (Lipinski definition) is 1. The summed E-state index contributed by atoms with van der Waals surface area (Å²) >= 11 is 0. The Morgan fingerprint density at radius 3 is 2.00 bits per heavy atom. The van der Waals surface area contributed by atoms with Gasteiger partial charge in [-0.15, -0.1) is 0 Å². The van der Waals surface area contributed by atoms with Gasteiger partial charge in [-0.05, 0) is 41.5 Å². The number of hydrogen-bond acceptors (Lipinski definition) is 6. The van der Waals surface area contributed by atoms with E-state index in [0.717, 1.165) is 10.0 Å². The third-order valence-corrected chi connectivity index (χ3v) is 2.77. The third-order valence-electron chi connectivity index (χ3n) is 2.77. The SMILES string of the molecule is CC(C)(C)OC(=O)N1C[C@@H](O)C[C@@H](C#N)N1C(=O)OC(C)(C)C. The lowest BCUT2D eigenvalue weighted by atomic mass is 10.1. The average Bonchev–Trinajstić information content (AvgIpc) is 2.33. The van der Waals surface area contributed by atoms with E-state index in [1.807, 2.05) is 6.07 Å². The second-order valence-corrected chi connectivity index (χ2v) is 7.42. The topological polar surface area (TPSA) is 103 Å². The smallest absolute Gasteiger partial charge is 0.430 e. The Balaban J connectivity index is 3.08. The van der Waals surface area contributed by atoms with Gasteiger partial charge in [0.1, 0.15) is 17.2 Å². The van der Waals surface area contributed by atoms with Crippen molar-refractivity contribution in [3.05, 3.63) is 0 Å². The summed E-state index contributed by atoms with van der Waals surface area (Å²) in [6, 6.07) is 0.902. The number of carbonyl (C=O) groups excluding carboxylic acids is 2. The first-order valence-corrected chi connectivity index (χ1v) is 7.44. The van der Waals surface area contributed by atoms with Crippen LogP contribution in [0.5, 0.6) is 0 Å². The molecule has 0 bridgehead atoms. The minimum atomic E-state index is -1.01. The van der Waals surface area contributed by atoms with Crippen LogP contribution in [0.1, 0.15) is 48.0 Å². The highest BCUT2D eigenvalue weighted by Gasteiger charge is 2.43. The molecule has 0 aromatic heterocycles. The minimum Gasteiger partial charge on any atom is -0.442 e. The molecule has 2 atom stereocenters. The number of nitriles is 1. The summed E-state index contributed by atoms with van der Waals surface area (Å²) in [6.07, 6.45) is -2.54. The summed E-state index contributed by atoms with van der Waals surface area (Å²) in [6.45, 7) is 9.96. The first-order valence-electron chi connectivity index (χ1n) is 7.44. The molecule has 1 heterocycles. The van der Waals surface area contributed by atoms with E-state index in [0.29, 0.717) is 0 Å². The van der Waals surface area contributed by atoms with Crippen molar-refractivity contribution in [2.45, 2.75) is 71.3 Å². The lowest BCUT2D eigenvalue weighted by Gasteiger charge is -2.43. The minimum absolute atomic E-state index is 0.0367. The van der Waals surface area contributed by atoms with Gasteiger partial charge in [0.15, 0.2) is 0 Å². The van der Waals surface area contributed by atoms with Gasteiger partial charge in [-0.1, -0.05) is 0 Å². The molecule has 1 aliphatic heterocycles. The number of rotatable bonds is 0. The van der Waals surface area contributed by atoms with E-state index >= 15 is 0 Å². The fraction of sp³-hybridized carbons (Fsp3) is 0.800. The lowest BCUT2D eigenvalue weighted by molar-refractivity contribution is -0.109. The molecule has 1 fully saturated rings. The Morgan fingerprint density at radius 2 is 1.57 bits per heavy atom. The third kappa shape index (κ3) is 5.60. The second-order valence-electron chi connectivity index (χ2n) is 7.42. The Labute approximate surface area is 136 Å². The maximum absolute atomic E-state index is 12.4. The van der Waals surface area contributed by atoms with Crippen LogP contribution >= 0.6 is 0 Å². The molecule has 0 aliphatic carbocycles. The largest absolute Gasteiger partial charge is 0.442 e. The van der Waals surface area contributed by atoms with Crippen molar-refractivity contribution in [3.8, 4) is 6.07 Å². The van der Waals surface area contributed by atoms with Crippen LogP contribution in [0.15, 0.2) is 0 Å². The predicted molar refractivity (Wildman–Crippen MR) is 81.0 cm³/mol. The van der Waals surface area contributed by atoms with Crippen molar-refractivity contribution in [2.24, 2.45) is 0 Å². The highest BCUT2D eigenvalue weighted by molar-refractivity contribution is 5.75. The fourth-order valence-corrected chi connectivity index (χ4v) is 2.01. The summed E-state index contributed by atoms with van der Waals surface area (Å²) in [4.78, 5) is 24.7. The Bertz CT molecular complexity index is 501. The van der Waals surface area contributed by atoms with E-state index < -0.39 is 35.5 Å². The van der Waals surface area contributed by atoms with Gasteiger partial charge in [0.25, 0.3) is 0 Å². The molecule has 1 aliphatic rings. The van der Waals surface area contributed by atoms with Crippen molar-refractivity contribution < 1.29 is 24.2 Å². The van der Waals surface area contributed by atoms with E-state index in [2.05, 4.69) is 0 Å². The van der Waals surface area contributed by atoms with E-state index in [1.165, 1.54) is 0 Å². The lowest BCUT2D eigenvalue weighted by Crippen LogP contribution is -2.62. The molecule has 8 heteroatoms. The van der Waals surface area contributed by atoms with Crippen LogP contribution in [-0.4, -0.2) is 57.2 Å². The zero-order valence-corrected chi connectivity index (χ0v) is 14.5. The molecule has 0 saturated carbocycles. The van der Waals surface area contributed by atoms with Crippen molar-refractivity contribution in [1.82, 2.24) is 10.0 Å². The maximum Gasteiger partial charge on any atom is 0.430 e. The Hall–Kier alpha value is -2.01. The van der Waals surface area contributed by atoms with Gasteiger partial charge in [0, 0.05) is 6.42 Å². The van der Waals surface area contributed by atoms with Crippen molar-refractivity contribution in [2.75, 3.05) is 6.54 Å². The van der Waals surface area contributed by atoms with Gasteiger partial charge < -0.3 is 14.6 Å². The van der Waals surface area contributed by atoms with Crippen LogP contribution in [0.4, 0.5) is 9.59 Å². The first-order chi connectivity index (χ1) is 10.3. The van der Waals surface area contributed by atoms with Crippen LogP contribution < -0.4 is 0 Å². The summed E-state index contributed by atoms with van der Waals surface area (Å²) in [5.74, 6) is 0. The quantitative estimate of drug-likeness (QED) is 0.730. The zero-order valence-electron chi connectivity index (χ0n) is 14.5. The standard InChI is InChI=1S/C15H25N3O5/c1-14(2,3)22-12(20)17-9-11(19)7-10(8-16)18(17)13(21)23-15(4,5)6/h10-11,19H,7,9H2,1-6H3/t10-,11-/m0/s1. The molecule has 2 amide bonds. The van der Waals surface area contributed by atoms with Crippen molar-refractivity contribution in [3.63, 3.8) is 0 Å². The van der Waals surface area contributed by atoms with Crippen LogP contribution in [-0.2, 0) is 9.47 Å². The van der Waals surface area contributed by atoms with Crippen LogP contribution in [0.2, 0.25) is 0 Å². The summed E-state index contributed by atoms with van der Waals surface area (Å²) < 4.78 is 10.5. The monoisotopic (exact) mass is 327 g/mol. The number of β-amino-alcohol motifs (C(OH)–C–C–N with tert-alkyl or cyclic N) is 1. The van der Waals surface area contributed by atoms with Crippen molar-refractivity contribution >= 4 is 12.2 Å². The molecular weight excluding hydrogens is 302 g/mol. The molecule has 130 valence electrons. The van der Waals surface area contributed by atoms with Gasteiger partial charge in [0.05, 0.1) is 18.7 Å². The maximum atomic E-state index is 12.4. The van der Waals surface area contributed by atoms with Gasteiger partial charge in [-0.2, -0.15) is 10.3 Å². The number of aliphatic hydroxyl groups excluding tert-OH is 1. The zero-order chi connectivity index (χ0) is 18.0. The fourth-order valence-electron chi connectivity index (χ4n) is 2.01. The molecule has 0 spiro atoms. The molecule has 1 saturated heterocycles. The van der Waals surface area contributed by atoms with Crippen LogP contribution in [0.3, 0.4) is 0 Å². The summed E-state index contributed by atoms with van der Waals surface area (Å²) in [5, 5.41) is 21.0. The highest BCUT2D eigenvalue weighted by atomic mass is 16.6. The number of hydrazine groups is 1. The van der Waals surface area contributed by atoms with E-state index in [4.69, 9.17) is 9.47 Å². The normalized spacial score (nSPS) is 22.3. The van der Waals surface area contributed by atoms with Crippen molar-refractivity contribution in [1.29, 1.82) is 5.26 Å². The van der Waals surface area contributed by atoms with Crippen LogP contribution in [0, 0.1) is 11.3 Å². The highest BCUT2D eigenvalue weighted by Crippen LogP contribution is 2.24. The molecule has 0 radical (unpaired) electrons. The van der Waals surface area contributed by atoms with Crippen LogP contribution in [0.25, 0.3) is 0 Å². The molecule has 23 heavy (non-hydrogen) atoms. The summed E-state index contributed by atoms with van der Waals surface area (Å²) in [5.41, 5.74) is -1.56. The molecule has 0 aromatic rings. The molecular formula is C15H25N3O5. The summed E-state index contributed by atoms with van der Waals surface area (Å²) in [7, 11) is 0. The van der Waals surface area contributed by atoms with E-state index in [-0.39, 0.29) is 13.0 Å². The molecule has 0 aromatic carbocycles. The molecule has 1 rings (SSSR count). The number of aliphatic hydroxyl groups is 1.